The standard InChI is InChI=1S/C10H14N2/c1-10(2)6-11-12-8-4-3-7(5-8)9(10)12/h3-4,6-9H,5H2,1-2H3/t7?,8?,9-/m0/s1. The fraction of sp³-hybridized carbons (Fsp3) is 0.700. The minimum atomic E-state index is 0.282. The van der Waals surface area contributed by atoms with E-state index in [4.69, 9.17) is 0 Å². The van der Waals surface area contributed by atoms with Gasteiger partial charge in [-0.3, -0.25) is 5.01 Å². The Morgan fingerprint density at radius 1 is 1.42 bits per heavy atom. The predicted molar refractivity (Wildman–Crippen MR) is 48.9 cm³/mol. The number of fused-ring (bicyclic) bond motifs is 5. The molecular formula is C10H14N2. The fourth-order valence-corrected chi connectivity index (χ4v) is 2.88. The van der Waals surface area contributed by atoms with Crippen molar-refractivity contribution in [3.05, 3.63) is 12.2 Å². The van der Waals surface area contributed by atoms with Gasteiger partial charge in [0, 0.05) is 17.5 Å². The van der Waals surface area contributed by atoms with Gasteiger partial charge in [0.1, 0.15) is 0 Å². The molecule has 2 aliphatic heterocycles. The molecule has 3 aliphatic rings. The molecule has 1 saturated heterocycles. The maximum atomic E-state index is 4.49. The first-order chi connectivity index (χ1) is 5.68. The second kappa shape index (κ2) is 1.76. The van der Waals surface area contributed by atoms with Gasteiger partial charge in [0.2, 0.25) is 0 Å². The van der Waals surface area contributed by atoms with Crippen LogP contribution in [-0.4, -0.2) is 23.3 Å². The van der Waals surface area contributed by atoms with Crippen molar-refractivity contribution >= 4 is 6.21 Å². The maximum Gasteiger partial charge on any atom is 0.0661 e. The molecule has 3 rings (SSSR count). The summed E-state index contributed by atoms with van der Waals surface area (Å²) in [6, 6.07) is 1.26. The number of hydrogen-bond acceptors (Lipinski definition) is 2. The van der Waals surface area contributed by atoms with Crippen molar-refractivity contribution in [2.24, 2.45) is 16.4 Å². The number of hydrazone groups is 1. The summed E-state index contributed by atoms with van der Waals surface area (Å²) in [6.45, 7) is 4.57. The van der Waals surface area contributed by atoms with E-state index in [1.165, 1.54) is 6.42 Å². The molecule has 0 aromatic heterocycles. The van der Waals surface area contributed by atoms with E-state index in [1.54, 1.807) is 0 Å². The van der Waals surface area contributed by atoms with Crippen LogP contribution in [0.4, 0.5) is 0 Å². The lowest BCUT2D eigenvalue weighted by atomic mass is 9.80. The molecule has 2 bridgehead atoms. The lowest BCUT2D eigenvalue weighted by Crippen LogP contribution is -2.40. The predicted octanol–water partition coefficient (Wildman–Crippen LogP) is 1.64. The van der Waals surface area contributed by atoms with Crippen LogP contribution in [0, 0.1) is 11.3 Å². The third-order valence-corrected chi connectivity index (χ3v) is 3.41. The van der Waals surface area contributed by atoms with Crippen molar-refractivity contribution in [3.8, 4) is 0 Å². The number of nitrogens with zero attached hydrogens (tertiary/aromatic N) is 2. The van der Waals surface area contributed by atoms with Crippen molar-refractivity contribution in [1.29, 1.82) is 0 Å². The van der Waals surface area contributed by atoms with Crippen LogP contribution in [0.3, 0.4) is 0 Å². The van der Waals surface area contributed by atoms with Crippen LogP contribution in [0.25, 0.3) is 0 Å². The van der Waals surface area contributed by atoms with Crippen LogP contribution in [-0.2, 0) is 0 Å². The minimum absolute atomic E-state index is 0.282. The van der Waals surface area contributed by atoms with Gasteiger partial charge in [0.05, 0.1) is 12.1 Å². The molecule has 0 saturated carbocycles. The zero-order valence-corrected chi connectivity index (χ0v) is 7.57. The molecule has 2 heterocycles. The topological polar surface area (TPSA) is 15.6 Å². The zero-order valence-electron chi connectivity index (χ0n) is 7.57. The largest absolute Gasteiger partial charge is 0.286 e. The van der Waals surface area contributed by atoms with E-state index in [0.717, 1.165) is 5.92 Å². The van der Waals surface area contributed by atoms with E-state index in [1.807, 2.05) is 0 Å². The summed E-state index contributed by atoms with van der Waals surface area (Å²) >= 11 is 0. The van der Waals surface area contributed by atoms with Crippen LogP contribution in [0.15, 0.2) is 17.3 Å². The van der Waals surface area contributed by atoms with Gasteiger partial charge in [0.15, 0.2) is 0 Å². The first-order valence-corrected chi connectivity index (χ1v) is 4.70. The Morgan fingerprint density at radius 3 is 3.00 bits per heavy atom. The van der Waals surface area contributed by atoms with Gasteiger partial charge in [-0.25, -0.2) is 0 Å². The molecule has 0 amide bonds. The van der Waals surface area contributed by atoms with E-state index in [2.05, 4.69) is 42.3 Å². The summed E-state index contributed by atoms with van der Waals surface area (Å²) in [7, 11) is 0. The third-order valence-electron chi connectivity index (χ3n) is 3.41. The molecule has 64 valence electrons. The highest BCUT2D eigenvalue weighted by molar-refractivity contribution is 5.68. The van der Waals surface area contributed by atoms with Gasteiger partial charge in [-0.1, -0.05) is 26.0 Å². The maximum absolute atomic E-state index is 4.49. The van der Waals surface area contributed by atoms with Gasteiger partial charge in [-0.2, -0.15) is 5.10 Å². The Labute approximate surface area is 72.9 Å². The average molecular weight is 162 g/mol. The number of hydrogen-bond donors (Lipinski definition) is 0. The molecule has 0 aromatic carbocycles. The van der Waals surface area contributed by atoms with E-state index < -0.39 is 0 Å². The monoisotopic (exact) mass is 162 g/mol. The Balaban J connectivity index is 2.04. The van der Waals surface area contributed by atoms with E-state index >= 15 is 0 Å². The van der Waals surface area contributed by atoms with Gasteiger partial charge < -0.3 is 0 Å². The quantitative estimate of drug-likeness (QED) is 0.494. The molecule has 2 heteroatoms. The van der Waals surface area contributed by atoms with Crippen LogP contribution in [0.1, 0.15) is 20.3 Å². The van der Waals surface area contributed by atoms with Crippen LogP contribution < -0.4 is 0 Å². The summed E-state index contributed by atoms with van der Waals surface area (Å²) in [5.74, 6) is 0.757. The van der Waals surface area contributed by atoms with Crippen molar-refractivity contribution in [1.82, 2.24) is 5.01 Å². The van der Waals surface area contributed by atoms with Crippen molar-refractivity contribution in [3.63, 3.8) is 0 Å². The van der Waals surface area contributed by atoms with Gasteiger partial charge in [-0.15, -0.1) is 0 Å². The summed E-state index contributed by atoms with van der Waals surface area (Å²) < 4.78 is 0. The normalized spacial score (nSPS) is 45.8. The zero-order chi connectivity index (χ0) is 8.34. The lowest BCUT2D eigenvalue weighted by molar-refractivity contribution is 0.169. The van der Waals surface area contributed by atoms with Crippen LogP contribution in [0.5, 0.6) is 0 Å². The van der Waals surface area contributed by atoms with Crippen LogP contribution in [0.2, 0.25) is 0 Å². The Bertz CT molecular complexity index is 278. The first-order valence-electron chi connectivity index (χ1n) is 4.70. The third kappa shape index (κ3) is 0.598. The molecular weight excluding hydrogens is 148 g/mol. The lowest BCUT2D eigenvalue weighted by Gasteiger charge is -2.32. The smallest absolute Gasteiger partial charge is 0.0661 e. The molecule has 12 heavy (non-hydrogen) atoms. The first kappa shape index (κ1) is 6.70. The number of rotatable bonds is 0. The molecule has 0 N–H and O–H groups in total. The molecule has 0 radical (unpaired) electrons. The summed E-state index contributed by atoms with van der Waals surface area (Å²) in [6.07, 6.45) is 8.09. The van der Waals surface area contributed by atoms with E-state index in [0.29, 0.717) is 12.1 Å². The SMILES string of the molecule is CC1(C)C=NN2C3C=CC(C3)[C@H]21. The highest BCUT2D eigenvalue weighted by Crippen LogP contribution is 2.47. The minimum Gasteiger partial charge on any atom is -0.286 e. The highest BCUT2D eigenvalue weighted by Gasteiger charge is 2.51. The van der Waals surface area contributed by atoms with Gasteiger partial charge in [0.25, 0.3) is 0 Å². The second-order valence-corrected chi connectivity index (χ2v) is 4.74. The van der Waals surface area contributed by atoms with Crippen LogP contribution >= 0.6 is 0 Å². The molecule has 2 unspecified atom stereocenters. The van der Waals surface area contributed by atoms with Crippen molar-refractivity contribution in [2.45, 2.75) is 32.4 Å². The van der Waals surface area contributed by atoms with E-state index in [-0.39, 0.29) is 5.41 Å². The van der Waals surface area contributed by atoms with Crippen molar-refractivity contribution in [2.75, 3.05) is 0 Å². The molecule has 1 aliphatic carbocycles. The van der Waals surface area contributed by atoms with Crippen molar-refractivity contribution < 1.29 is 0 Å². The molecule has 3 atom stereocenters. The van der Waals surface area contributed by atoms with Gasteiger partial charge >= 0.3 is 0 Å². The fourth-order valence-electron chi connectivity index (χ4n) is 2.88. The Hall–Kier alpha value is -0.790. The molecule has 1 fully saturated rings. The summed E-state index contributed by atoms with van der Waals surface area (Å²) in [5.41, 5.74) is 0.282. The molecule has 0 aromatic rings. The Morgan fingerprint density at radius 2 is 2.25 bits per heavy atom. The Kier molecular flexibility index (Phi) is 0.980. The average Bonchev–Trinajstić information content (AvgIpc) is 2.61. The molecule has 2 nitrogen and oxygen atoms in total. The summed E-state index contributed by atoms with van der Waals surface area (Å²) in [4.78, 5) is 0. The summed E-state index contributed by atoms with van der Waals surface area (Å²) in [5, 5.41) is 6.79. The highest BCUT2D eigenvalue weighted by atomic mass is 15.5. The van der Waals surface area contributed by atoms with Gasteiger partial charge in [-0.05, 0) is 6.42 Å². The molecule has 0 spiro atoms. The second-order valence-electron chi connectivity index (χ2n) is 4.74. The van der Waals surface area contributed by atoms with E-state index in [9.17, 15) is 0 Å².